The fourth-order valence-corrected chi connectivity index (χ4v) is 2.14. The van der Waals surface area contributed by atoms with Crippen LogP contribution in [0.2, 0.25) is 0 Å². The highest BCUT2D eigenvalue weighted by Gasteiger charge is 2.05. The standard InChI is InChI=1S/C16H17N5O/c1-10-4-5-13(11(2)6-10)19-14-8-15(18-9-17-14)20-16-7-12(3)22-21-16/h4-9H,1-3H3,(H2,17,18,19,20,21). The average molecular weight is 295 g/mol. The molecule has 0 aliphatic rings. The molecule has 0 saturated carbocycles. The van der Waals surface area contributed by atoms with E-state index in [1.807, 2.05) is 19.1 Å². The lowest BCUT2D eigenvalue weighted by molar-refractivity contribution is 0.400. The molecule has 0 amide bonds. The maximum atomic E-state index is 5.02. The molecule has 0 atom stereocenters. The summed E-state index contributed by atoms with van der Waals surface area (Å²) in [5, 5.41) is 10.3. The molecule has 6 nitrogen and oxygen atoms in total. The molecule has 0 spiro atoms. The number of benzene rings is 1. The summed E-state index contributed by atoms with van der Waals surface area (Å²) in [7, 11) is 0. The summed E-state index contributed by atoms with van der Waals surface area (Å²) in [6.45, 7) is 5.97. The molecule has 0 fully saturated rings. The Hall–Kier alpha value is -2.89. The Morgan fingerprint density at radius 2 is 1.64 bits per heavy atom. The van der Waals surface area contributed by atoms with Crippen LogP contribution in [0.25, 0.3) is 0 Å². The minimum Gasteiger partial charge on any atom is -0.360 e. The summed E-state index contributed by atoms with van der Waals surface area (Å²) < 4.78 is 5.02. The molecule has 2 heterocycles. The zero-order valence-corrected chi connectivity index (χ0v) is 12.7. The van der Waals surface area contributed by atoms with Gasteiger partial charge >= 0.3 is 0 Å². The van der Waals surface area contributed by atoms with E-state index in [1.165, 1.54) is 17.5 Å². The number of hydrogen-bond donors (Lipinski definition) is 2. The van der Waals surface area contributed by atoms with E-state index in [9.17, 15) is 0 Å². The van der Waals surface area contributed by atoms with Crippen molar-refractivity contribution < 1.29 is 4.52 Å². The first kappa shape index (κ1) is 14.1. The van der Waals surface area contributed by atoms with Gasteiger partial charge in [0, 0.05) is 17.8 Å². The lowest BCUT2D eigenvalue weighted by Gasteiger charge is -2.10. The first-order valence-electron chi connectivity index (χ1n) is 6.97. The van der Waals surface area contributed by atoms with Crippen LogP contribution >= 0.6 is 0 Å². The highest BCUT2D eigenvalue weighted by molar-refractivity contribution is 5.64. The van der Waals surface area contributed by atoms with Crippen molar-refractivity contribution in [3.05, 3.63) is 53.5 Å². The van der Waals surface area contributed by atoms with Crippen LogP contribution in [0, 0.1) is 20.8 Å². The maximum Gasteiger partial charge on any atom is 0.175 e. The minimum absolute atomic E-state index is 0.619. The summed E-state index contributed by atoms with van der Waals surface area (Å²) in [5.74, 6) is 2.72. The van der Waals surface area contributed by atoms with E-state index in [-0.39, 0.29) is 0 Å². The number of aryl methyl sites for hydroxylation is 3. The molecular weight excluding hydrogens is 278 g/mol. The quantitative estimate of drug-likeness (QED) is 0.760. The molecule has 3 rings (SSSR count). The summed E-state index contributed by atoms with van der Waals surface area (Å²) in [6.07, 6.45) is 1.50. The molecule has 0 unspecified atom stereocenters. The second-order valence-electron chi connectivity index (χ2n) is 5.18. The zero-order valence-electron chi connectivity index (χ0n) is 12.7. The lowest BCUT2D eigenvalue weighted by atomic mass is 10.1. The summed E-state index contributed by atoms with van der Waals surface area (Å²) in [4.78, 5) is 8.42. The Kier molecular flexibility index (Phi) is 3.74. The molecule has 112 valence electrons. The van der Waals surface area contributed by atoms with Crippen molar-refractivity contribution >= 4 is 23.1 Å². The third kappa shape index (κ3) is 3.22. The topological polar surface area (TPSA) is 75.9 Å². The summed E-state index contributed by atoms with van der Waals surface area (Å²) in [5.41, 5.74) is 3.42. The predicted molar refractivity (Wildman–Crippen MR) is 85.8 cm³/mol. The monoisotopic (exact) mass is 295 g/mol. The second kappa shape index (κ2) is 5.85. The molecule has 0 bridgehead atoms. The summed E-state index contributed by atoms with van der Waals surface area (Å²) >= 11 is 0. The average Bonchev–Trinajstić information content (AvgIpc) is 2.88. The van der Waals surface area contributed by atoms with E-state index in [4.69, 9.17) is 4.52 Å². The van der Waals surface area contributed by atoms with Crippen LogP contribution in [0.3, 0.4) is 0 Å². The molecule has 22 heavy (non-hydrogen) atoms. The number of nitrogens with one attached hydrogen (secondary N) is 2. The van der Waals surface area contributed by atoms with Crippen LogP contribution in [-0.4, -0.2) is 15.1 Å². The van der Waals surface area contributed by atoms with Gasteiger partial charge in [0.15, 0.2) is 5.82 Å². The van der Waals surface area contributed by atoms with Crippen molar-refractivity contribution in [2.75, 3.05) is 10.6 Å². The van der Waals surface area contributed by atoms with Gasteiger partial charge in [-0.2, -0.15) is 0 Å². The van der Waals surface area contributed by atoms with Crippen LogP contribution in [0.4, 0.5) is 23.1 Å². The van der Waals surface area contributed by atoms with Gasteiger partial charge in [0.25, 0.3) is 0 Å². The predicted octanol–water partition coefficient (Wildman–Crippen LogP) is 3.88. The molecule has 0 saturated heterocycles. The van der Waals surface area contributed by atoms with Gasteiger partial charge in [-0.15, -0.1) is 0 Å². The van der Waals surface area contributed by atoms with Gasteiger partial charge in [0.05, 0.1) is 0 Å². The molecule has 6 heteroatoms. The molecular formula is C16H17N5O. The minimum atomic E-state index is 0.619. The van der Waals surface area contributed by atoms with Crippen molar-refractivity contribution in [3.8, 4) is 0 Å². The van der Waals surface area contributed by atoms with E-state index in [0.29, 0.717) is 17.5 Å². The number of nitrogens with zero attached hydrogens (tertiary/aromatic N) is 3. The highest BCUT2D eigenvalue weighted by atomic mass is 16.5. The molecule has 2 N–H and O–H groups in total. The van der Waals surface area contributed by atoms with Crippen LogP contribution in [-0.2, 0) is 0 Å². The smallest absolute Gasteiger partial charge is 0.175 e. The van der Waals surface area contributed by atoms with Crippen LogP contribution in [0.15, 0.2) is 41.2 Å². The Morgan fingerprint density at radius 1 is 0.864 bits per heavy atom. The maximum absolute atomic E-state index is 5.02. The number of aromatic nitrogens is 3. The SMILES string of the molecule is Cc1ccc(Nc2cc(Nc3cc(C)on3)ncn2)c(C)c1. The van der Waals surface area contributed by atoms with Crippen molar-refractivity contribution in [2.45, 2.75) is 20.8 Å². The van der Waals surface area contributed by atoms with E-state index in [2.05, 4.69) is 51.7 Å². The normalized spacial score (nSPS) is 10.5. The van der Waals surface area contributed by atoms with E-state index < -0.39 is 0 Å². The fraction of sp³-hybridized carbons (Fsp3) is 0.188. The van der Waals surface area contributed by atoms with Crippen molar-refractivity contribution in [1.29, 1.82) is 0 Å². The molecule has 1 aromatic carbocycles. The van der Waals surface area contributed by atoms with Gasteiger partial charge in [-0.25, -0.2) is 9.97 Å². The van der Waals surface area contributed by atoms with Gasteiger partial charge in [0.1, 0.15) is 23.7 Å². The Bertz CT molecular complexity index is 797. The first-order chi connectivity index (χ1) is 10.6. The Morgan fingerprint density at radius 3 is 2.32 bits per heavy atom. The Labute approximate surface area is 128 Å². The lowest BCUT2D eigenvalue weighted by Crippen LogP contribution is -1.99. The molecule has 0 radical (unpaired) electrons. The highest BCUT2D eigenvalue weighted by Crippen LogP contribution is 2.22. The second-order valence-corrected chi connectivity index (χ2v) is 5.18. The van der Waals surface area contributed by atoms with Crippen molar-refractivity contribution in [1.82, 2.24) is 15.1 Å². The van der Waals surface area contributed by atoms with Gasteiger partial charge < -0.3 is 15.2 Å². The first-order valence-corrected chi connectivity index (χ1v) is 6.97. The van der Waals surface area contributed by atoms with Gasteiger partial charge in [-0.3, -0.25) is 0 Å². The number of anilines is 4. The number of hydrogen-bond acceptors (Lipinski definition) is 6. The van der Waals surface area contributed by atoms with Crippen molar-refractivity contribution in [3.63, 3.8) is 0 Å². The zero-order chi connectivity index (χ0) is 15.5. The Balaban J connectivity index is 1.78. The molecule has 2 aromatic heterocycles. The van der Waals surface area contributed by atoms with E-state index in [1.54, 1.807) is 6.07 Å². The van der Waals surface area contributed by atoms with E-state index in [0.717, 1.165) is 11.4 Å². The third-order valence-corrected chi connectivity index (χ3v) is 3.20. The third-order valence-electron chi connectivity index (χ3n) is 3.20. The van der Waals surface area contributed by atoms with Crippen LogP contribution < -0.4 is 10.6 Å². The van der Waals surface area contributed by atoms with Crippen LogP contribution in [0.1, 0.15) is 16.9 Å². The van der Waals surface area contributed by atoms with E-state index >= 15 is 0 Å². The summed E-state index contributed by atoms with van der Waals surface area (Å²) in [6, 6.07) is 9.86. The molecule has 0 aliphatic heterocycles. The van der Waals surface area contributed by atoms with Crippen molar-refractivity contribution in [2.24, 2.45) is 0 Å². The number of rotatable bonds is 4. The largest absolute Gasteiger partial charge is 0.360 e. The molecule has 3 aromatic rings. The van der Waals surface area contributed by atoms with Gasteiger partial charge in [0.2, 0.25) is 0 Å². The van der Waals surface area contributed by atoms with Crippen LogP contribution in [0.5, 0.6) is 0 Å². The van der Waals surface area contributed by atoms with Gasteiger partial charge in [-0.05, 0) is 32.4 Å². The fourth-order valence-electron chi connectivity index (χ4n) is 2.14. The van der Waals surface area contributed by atoms with Gasteiger partial charge in [-0.1, -0.05) is 22.9 Å². The molecule has 0 aliphatic carbocycles.